The molecule has 0 atom stereocenters. The van der Waals surface area contributed by atoms with Crippen molar-refractivity contribution in [1.29, 1.82) is 0 Å². The normalized spacial score (nSPS) is 15.7. The van der Waals surface area contributed by atoms with Crippen LogP contribution in [0.3, 0.4) is 0 Å². The minimum Gasteiger partial charge on any atom is -0.493 e. The Morgan fingerprint density at radius 3 is 2.30 bits per heavy atom. The van der Waals surface area contributed by atoms with Crippen LogP contribution in [0.5, 0.6) is 5.75 Å². The van der Waals surface area contributed by atoms with E-state index < -0.39 is 0 Å². The minimum atomic E-state index is 0.863. The summed E-state index contributed by atoms with van der Waals surface area (Å²) in [7, 11) is 0. The molecule has 2 heteroatoms. The smallest absolute Gasteiger partial charge is 0.125 e. The zero-order valence-electron chi connectivity index (χ0n) is 13.2. The number of quaternary nitrogens is 1. The highest BCUT2D eigenvalue weighted by Gasteiger charge is 2.13. The summed E-state index contributed by atoms with van der Waals surface area (Å²) in [6.07, 6.45) is 8.12. The van der Waals surface area contributed by atoms with Gasteiger partial charge < -0.3 is 9.64 Å². The van der Waals surface area contributed by atoms with Crippen molar-refractivity contribution in [3.63, 3.8) is 0 Å². The number of nitrogens with one attached hydrogen (secondary N) is 1. The first-order chi connectivity index (χ1) is 9.77. The van der Waals surface area contributed by atoms with Gasteiger partial charge in [-0.25, -0.2) is 0 Å². The first-order valence-electron chi connectivity index (χ1n) is 8.30. The van der Waals surface area contributed by atoms with Gasteiger partial charge in [0.05, 0.1) is 26.2 Å². The molecule has 1 aliphatic heterocycles. The van der Waals surface area contributed by atoms with Gasteiger partial charge in [0.15, 0.2) is 0 Å². The molecule has 20 heavy (non-hydrogen) atoms. The zero-order valence-corrected chi connectivity index (χ0v) is 13.2. The zero-order chi connectivity index (χ0) is 14.2. The van der Waals surface area contributed by atoms with Gasteiger partial charge in [-0.1, -0.05) is 18.2 Å². The van der Waals surface area contributed by atoms with E-state index in [0.29, 0.717) is 0 Å². The third-order valence-electron chi connectivity index (χ3n) is 4.39. The van der Waals surface area contributed by atoms with Crippen LogP contribution in [0.2, 0.25) is 0 Å². The molecule has 1 fully saturated rings. The second-order valence-corrected chi connectivity index (χ2v) is 6.19. The number of aryl methyl sites for hydroxylation is 2. The van der Waals surface area contributed by atoms with Gasteiger partial charge in [-0.2, -0.15) is 0 Å². The van der Waals surface area contributed by atoms with Crippen molar-refractivity contribution in [1.82, 2.24) is 0 Å². The van der Waals surface area contributed by atoms with Crippen molar-refractivity contribution < 1.29 is 9.64 Å². The molecule has 2 rings (SSSR count). The van der Waals surface area contributed by atoms with Crippen LogP contribution < -0.4 is 9.64 Å². The van der Waals surface area contributed by atoms with Crippen LogP contribution >= 0.6 is 0 Å². The van der Waals surface area contributed by atoms with Gasteiger partial charge in [0.1, 0.15) is 5.75 Å². The summed E-state index contributed by atoms with van der Waals surface area (Å²) >= 11 is 0. The average molecular weight is 276 g/mol. The Hall–Kier alpha value is -1.02. The van der Waals surface area contributed by atoms with Crippen molar-refractivity contribution in [3.8, 4) is 5.75 Å². The van der Waals surface area contributed by atoms with Gasteiger partial charge in [-0.3, -0.25) is 0 Å². The van der Waals surface area contributed by atoms with Crippen molar-refractivity contribution in [3.05, 3.63) is 29.3 Å². The first kappa shape index (κ1) is 15.4. The quantitative estimate of drug-likeness (QED) is 0.721. The van der Waals surface area contributed by atoms with E-state index in [9.17, 15) is 0 Å². The van der Waals surface area contributed by atoms with Crippen LogP contribution in [0.25, 0.3) is 0 Å². The van der Waals surface area contributed by atoms with Gasteiger partial charge in [-0.05, 0) is 50.7 Å². The van der Waals surface area contributed by atoms with Crippen LogP contribution in [0.1, 0.15) is 49.7 Å². The first-order valence-corrected chi connectivity index (χ1v) is 8.30. The van der Waals surface area contributed by atoms with E-state index >= 15 is 0 Å². The highest BCUT2D eigenvalue weighted by molar-refractivity contribution is 5.39. The van der Waals surface area contributed by atoms with Gasteiger partial charge in [0.25, 0.3) is 0 Å². The summed E-state index contributed by atoms with van der Waals surface area (Å²) in [6.45, 7) is 9.33. The number of para-hydroxylation sites is 1. The Morgan fingerprint density at radius 2 is 1.60 bits per heavy atom. The van der Waals surface area contributed by atoms with Crippen LogP contribution in [0, 0.1) is 13.8 Å². The molecule has 1 aliphatic rings. The lowest BCUT2D eigenvalue weighted by Gasteiger charge is -2.13. The molecule has 1 aromatic rings. The van der Waals surface area contributed by atoms with Gasteiger partial charge in [-0.15, -0.1) is 0 Å². The Labute approximate surface area is 124 Å². The maximum absolute atomic E-state index is 5.94. The Morgan fingerprint density at radius 1 is 0.950 bits per heavy atom. The summed E-state index contributed by atoms with van der Waals surface area (Å²) in [5, 5.41) is 0. The average Bonchev–Trinajstić information content (AvgIpc) is 2.93. The maximum Gasteiger partial charge on any atom is 0.125 e. The molecule has 0 amide bonds. The van der Waals surface area contributed by atoms with Crippen molar-refractivity contribution in [2.75, 3.05) is 26.2 Å². The molecule has 0 bridgehead atoms. The number of unbranched alkanes of at least 4 members (excludes halogenated alkanes) is 3. The number of ether oxygens (including phenoxy) is 1. The van der Waals surface area contributed by atoms with E-state index in [1.54, 1.807) is 0 Å². The van der Waals surface area contributed by atoms with E-state index in [4.69, 9.17) is 4.74 Å². The number of benzene rings is 1. The standard InChI is InChI=1S/C18H29NO/c1-16-10-9-11-17(2)18(16)20-15-8-4-3-5-12-19-13-6-7-14-19/h9-11H,3-8,12-15H2,1-2H3/p+1. The molecule has 0 aromatic heterocycles. The van der Waals surface area contributed by atoms with Crippen LogP contribution in [0.15, 0.2) is 18.2 Å². The van der Waals surface area contributed by atoms with Gasteiger partial charge >= 0.3 is 0 Å². The molecule has 1 aromatic carbocycles. The predicted octanol–water partition coefficient (Wildman–Crippen LogP) is 2.92. The molecule has 0 aliphatic carbocycles. The molecular weight excluding hydrogens is 246 g/mol. The molecule has 1 saturated heterocycles. The second kappa shape index (κ2) is 8.31. The fraction of sp³-hybridized carbons (Fsp3) is 0.667. The lowest BCUT2D eigenvalue weighted by Crippen LogP contribution is -3.09. The van der Waals surface area contributed by atoms with Crippen LogP contribution in [-0.4, -0.2) is 26.2 Å². The molecule has 0 radical (unpaired) electrons. The van der Waals surface area contributed by atoms with E-state index in [0.717, 1.165) is 12.4 Å². The van der Waals surface area contributed by atoms with Crippen molar-refractivity contribution in [2.24, 2.45) is 0 Å². The molecule has 0 saturated carbocycles. The third-order valence-corrected chi connectivity index (χ3v) is 4.39. The largest absolute Gasteiger partial charge is 0.493 e. The lowest BCUT2D eigenvalue weighted by molar-refractivity contribution is -0.887. The lowest BCUT2D eigenvalue weighted by atomic mass is 10.1. The summed E-state index contributed by atoms with van der Waals surface area (Å²) in [5.74, 6) is 1.09. The van der Waals surface area contributed by atoms with E-state index in [2.05, 4.69) is 32.0 Å². The number of rotatable bonds is 8. The SMILES string of the molecule is Cc1cccc(C)c1OCCCCCC[NH+]1CCCC1. The number of hydrogen-bond acceptors (Lipinski definition) is 1. The summed E-state index contributed by atoms with van der Waals surface area (Å²) in [5.41, 5.74) is 2.50. The van der Waals surface area contributed by atoms with E-state index in [1.165, 1.54) is 69.3 Å². The Bertz CT molecular complexity index is 376. The highest BCUT2D eigenvalue weighted by Crippen LogP contribution is 2.22. The second-order valence-electron chi connectivity index (χ2n) is 6.19. The van der Waals surface area contributed by atoms with Crippen molar-refractivity contribution >= 4 is 0 Å². The topological polar surface area (TPSA) is 13.7 Å². The number of hydrogen-bond donors (Lipinski definition) is 1. The molecule has 1 N–H and O–H groups in total. The predicted molar refractivity (Wildman–Crippen MR) is 84.7 cm³/mol. The van der Waals surface area contributed by atoms with E-state index in [1.807, 2.05) is 4.90 Å². The summed E-state index contributed by atoms with van der Waals surface area (Å²) < 4.78 is 5.94. The minimum absolute atomic E-state index is 0.863. The van der Waals surface area contributed by atoms with E-state index in [-0.39, 0.29) is 0 Å². The summed E-state index contributed by atoms with van der Waals surface area (Å²) in [6, 6.07) is 6.35. The molecule has 1 heterocycles. The highest BCUT2D eigenvalue weighted by atomic mass is 16.5. The fourth-order valence-electron chi connectivity index (χ4n) is 3.16. The van der Waals surface area contributed by atoms with Crippen molar-refractivity contribution in [2.45, 2.75) is 52.4 Å². The molecule has 0 spiro atoms. The van der Waals surface area contributed by atoms with Crippen LogP contribution in [0.4, 0.5) is 0 Å². The Kier molecular flexibility index (Phi) is 6.38. The fourth-order valence-corrected chi connectivity index (χ4v) is 3.16. The van der Waals surface area contributed by atoms with Gasteiger partial charge in [0, 0.05) is 12.8 Å². The molecular formula is C18H30NO+. The van der Waals surface area contributed by atoms with Gasteiger partial charge in [0.2, 0.25) is 0 Å². The third kappa shape index (κ3) is 4.82. The Balaban J connectivity index is 1.53. The molecule has 2 nitrogen and oxygen atoms in total. The number of likely N-dealkylation sites (tertiary alicyclic amines) is 1. The molecule has 112 valence electrons. The molecule has 0 unspecified atom stereocenters. The van der Waals surface area contributed by atoms with Crippen LogP contribution in [-0.2, 0) is 0 Å². The summed E-state index contributed by atoms with van der Waals surface area (Å²) in [4.78, 5) is 1.83. The maximum atomic E-state index is 5.94. The monoisotopic (exact) mass is 276 g/mol.